The van der Waals surface area contributed by atoms with Crippen molar-refractivity contribution in [1.82, 2.24) is 9.97 Å². The largest absolute Gasteiger partial charge is 0.342 e. The quantitative estimate of drug-likeness (QED) is 0.650. The Morgan fingerprint density at radius 3 is 2.92 bits per heavy atom. The lowest BCUT2D eigenvalue weighted by molar-refractivity contribution is 0.619. The molecule has 0 aromatic carbocycles. The molecule has 0 saturated heterocycles. The van der Waals surface area contributed by atoms with Crippen molar-refractivity contribution in [2.24, 2.45) is 0 Å². The number of H-pyrrole nitrogens is 1. The summed E-state index contributed by atoms with van der Waals surface area (Å²) in [6.07, 6.45) is 3.83. The molecule has 0 unspecified atom stereocenters. The lowest BCUT2D eigenvalue weighted by Crippen LogP contribution is -1.77. The highest BCUT2D eigenvalue weighted by atomic mass is 19.1. The zero-order chi connectivity index (χ0) is 9.42. The van der Waals surface area contributed by atoms with Gasteiger partial charge < -0.3 is 4.98 Å². The predicted octanol–water partition coefficient (Wildman–Crippen LogP) is 2.84. The van der Waals surface area contributed by atoms with Gasteiger partial charge in [-0.2, -0.15) is 0 Å². The van der Waals surface area contributed by atoms with Gasteiger partial charge in [0, 0.05) is 6.42 Å². The molecule has 2 nitrogen and oxygen atoms in total. The third kappa shape index (κ3) is 1.54. The minimum absolute atomic E-state index is 0.126. The van der Waals surface area contributed by atoms with Gasteiger partial charge in [0.05, 0.1) is 11.4 Å². The molecule has 3 heteroatoms. The van der Waals surface area contributed by atoms with E-state index in [0.29, 0.717) is 12.1 Å². The van der Waals surface area contributed by atoms with Gasteiger partial charge in [-0.3, -0.25) is 0 Å². The second-order valence-electron chi connectivity index (χ2n) is 3.38. The molecule has 1 aromatic rings. The number of rotatable bonds is 0. The van der Waals surface area contributed by atoms with Gasteiger partial charge >= 0.3 is 0 Å². The maximum Gasteiger partial charge on any atom is 0.106 e. The van der Waals surface area contributed by atoms with Crippen LogP contribution in [0.3, 0.4) is 0 Å². The van der Waals surface area contributed by atoms with E-state index in [4.69, 9.17) is 0 Å². The molecule has 1 N–H and O–H groups in total. The highest BCUT2D eigenvalue weighted by Gasteiger charge is 2.10. The van der Waals surface area contributed by atoms with E-state index < -0.39 is 0 Å². The first-order valence-corrected chi connectivity index (χ1v) is 4.25. The van der Waals surface area contributed by atoms with Crippen LogP contribution in [0.1, 0.15) is 30.6 Å². The Kier molecular flexibility index (Phi) is 1.79. The Morgan fingerprint density at radius 1 is 1.38 bits per heavy atom. The molecule has 0 aliphatic heterocycles. The highest BCUT2D eigenvalue weighted by molar-refractivity contribution is 5.65. The maximum atomic E-state index is 13.1. The molecule has 0 spiro atoms. The van der Waals surface area contributed by atoms with Crippen molar-refractivity contribution in [2.75, 3.05) is 0 Å². The molecule has 0 bridgehead atoms. The first-order valence-electron chi connectivity index (χ1n) is 4.25. The van der Waals surface area contributed by atoms with Gasteiger partial charge in [-0.25, -0.2) is 9.37 Å². The Hall–Kier alpha value is -1.38. The van der Waals surface area contributed by atoms with Crippen LogP contribution in [0.5, 0.6) is 0 Å². The molecular weight excluding hydrogens is 167 g/mol. The molecule has 0 amide bonds. The van der Waals surface area contributed by atoms with Gasteiger partial charge in [-0.15, -0.1) is 0 Å². The maximum absolute atomic E-state index is 13.1. The van der Waals surface area contributed by atoms with Gasteiger partial charge in [0.25, 0.3) is 0 Å². The monoisotopic (exact) mass is 178 g/mol. The molecule has 1 heterocycles. The number of imidazole rings is 1. The number of halogens is 1. The summed E-state index contributed by atoms with van der Waals surface area (Å²) in [5.41, 5.74) is 2.62. The minimum atomic E-state index is -0.126. The Labute approximate surface area is 76.2 Å². The van der Waals surface area contributed by atoms with Crippen molar-refractivity contribution in [3.8, 4) is 0 Å². The van der Waals surface area contributed by atoms with E-state index in [-0.39, 0.29) is 5.83 Å². The predicted molar refractivity (Wildman–Crippen MR) is 50.7 cm³/mol. The summed E-state index contributed by atoms with van der Waals surface area (Å²) >= 11 is 0. The molecule has 1 aliphatic carbocycles. The van der Waals surface area contributed by atoms with Crippen molar-refractivity contribution in [1.29, 1.82) is 0 Å². The number of hydrogen-bond acceptors (Lipinski definition) is 1. The van der Waals surface area contributed by atoms with E-state index in [1.165, 1.54) is 6.08 Å². The van der Waals surface area contributed by atoms with Gasteiger partial charge in [0.1, 0.15) is 11.7 Å². The summed E-state index contributed by atoms with van der Waals surface area (Å²) in [7, 11) is 0. The van der Waals surface area contributed by atoms with Crippen molar-refractivity contribution in [3.05, 3.63) is 28.6 Å². The first-order chi connectivity index (χ1) is 6.15. The van der Waals surface area contributed by atoms with E-state index in [9.17, 15) is 4.39 Å². The summed E-state index contributed by atoms with van der Waals surface area (Å²) in [6.45, 7) is 3.78. The van der Waals surface area contributed by atoms with E-state index in [1.54, 1.807) is 0 Å². The van der Waals surface area contributed by atoms with Crippen LogP contribution < -0.4 is 0 Å². The number of aromatic amines is 1. The number of allylic oxidation sites excluding steroid dienone is 2. The SMILES string of the molecule is CC1=Cc2[nH]c(C)nc2C=C(F)C1. The van der Waals surface area contributed by atoms with Crippen molar-refractivity contribution >= 4 is 12.2 Å². The van der Waals surface area contributed by atoms with Crippen LogP contribution >= 0.6 is 0 Å². The zero-order valence-corrected chi connectivity index (χ0v) is 7.69. The lowest BCUT2D eigenvalue weighted by atomic mass is 10.2. The highest BCUT2D eigenvalue weighted by Crippen LogP contribution is 2.24. The van der Waals surface area contributed by atoms with Crippen LogP contribution in [0.2, 0.25) is 0 Å². The summed E-state index contributed by atoms with van der Waals surface area (Å²) in [4.78, 5) is 7.27. The first kappa shape index (κ1) is 8.23. The molecule has 1 aromatic heterocycles. The third-order valence-electron chi connectivity index (χ3n) is 2.01. The lowest BCUT2D eigenvalue weighted by Gasteiger charge is -1.93. The van der Waals surface area contributed by atoms with E-state index in [1.807, 2.05) is 19.9 Å². The fourth-order valence-corrected chi connectivity index (χ4v) is 1.51. The number of nitrogens with zero attached hydrogens (tertiary/aromatic N) is 1. The molecule has 0 saturated carbocycles. The number of aryl methyl sites for hydroxylation is 1. The summed E-state index contributed by atoms with van der Waals surface area (Å²) in [5, 5.41) is 0. The average Bonchev–Trinajstić information content (AvgIpc) is 2.24. The van der Waals surface area contributed by atoms with Crippen LogP contribution in [0.25, 0.3) is 12.2 Å². The van der Waals surface area contributed by atoms with Gasteiger partial charge in [0.15, 0.2) is 0 Å². The minimum Gasteiger partial charge on any atom is -0.342 e. The summed E-state index contributed by atoms with van der Waals surface area (Å²) in [6, 6.07) is 0. The van der Waals surface area contributed by atoms with Gasteiger partial charge in [-0.05, 0) is 26.0 Å². The molecule has 68 valence electrons. The second-order valence-corrected chi connectivity index (χ2v) is 3.38. The number of nitrogens with one attached hydrogen (secondary N) is 1. The molecule has 0 radical (unpaired) electrons. The van der Waals surface area contributed by atoms with E-state index in [2.05, 4.69) is 9.97 Å². The smallest absolute Gasteiger partial charge is 0.106 e. The van der Waals surface area contributed by atoms with Crippen molar-refractivity contribution in [2.45, 2.75) is 20.3 Å². The molecule has 13 heavy (non-hydrogen) atoms. The number of fused-ring (bicyclic) bond motifs is 1. The third-order valence-corrected chi connectivity index (χ3v) is 2.01. The van der Waals surface area contributed by atoms with Crippen LogP contribution in [-0.4, -0.2) is 9.97 Å². The molecule has 2 rings (SSSR count). The van der Waals surface area contributed by atoms with Crippen LogP contribution in [0.15, 0.2) is 11.4 Å². The summed E-state index contributed by atoms with van der Waals surface area (Å²) in [5.74, 6) is 0.694. The Balaban J connectivity index is 2.58. The zero-order valence-electron chi connectivity index (χ0n) is 7.69. The standard InChI is InChI=1S/C10H11FN2/c1-6-3-8(11)5-10-9(4-6)12-7(2)13-10/h4-5H,3H2,1-2H3,(H,12,13). The van der Waals surface area contributed by atoms with Gasteiger partial charge in [-0.1, -0.05) is 5.57 Å². The fraction of sp³-hybridized carbons (Fsp3) is 0.300. The Bertz CT molecular complexity index is 364. The number of hydrogen-bond donors (Lipinski definition) is 1. The summed E-state index contributed by atoms with van der Waals surface area (Å²) < 4.78 is 13.1. The van der Waals surface area contributed by atoms with Crippen LogP contribution in [0, 0.1) is 6.92 Å². The Morgan fingerprint density at radius 2 is 2.15 bits per heavy atom. The van der Waals surface area contributed by atoms with Crippen LogP contribution in [-0.2, 0) is 0 Å². The van der Waals surface area contributed by atoms with Crippen molar-refractivity contribution < 1.29 is 4.39 Å². The molecular formula is C10H11FN2. The topological polar surface area (TPSA) is 28.7 Å². The molecule has 0 fully saturated rings. The van der Waals surface area contributed by atoms with E-state index in [0.717, 1.165) is 17.1 Å². The molecule has 1 aliphatic rings. The van der Waals surface area contributed by atoms with Gasteiger partial charge in [0.2, 0.25) is 0 Å². The average molecular weight is 178 g/mol. The van der Waals surface area contributed by atoms with Crippen LogP contribution in [0.4, 0.5) is 4.39 Å². The second kappa shape index (κ2) is 2.83. The number of aromatic nitrogens is 2. The van der Waals surface area contributed by atoms with E-state index >= 15 is 0 Å². The molecule has 0 atom stereocenters. The normalized spacial score (nSPS) is 15.9. The van der Waals surface area contributed by atoms with Crippen molar-refractivity contribution in [3.63, 3.8) is 0 Å². The fourth-order valence-electron chi connectivity index (χ4n) is 1.51.